The first kappa shape index (κ1) is 20.1. The van der Waals surface area contributed by atoms with E-state index in [0.717, 1.165) is 0 Å². The lowest BCUT2D eigenvalue weighted by Gasteiger charge is -2.16. The zero-order valence-corrected chi connectivity index (χ0v) is 15.6. The van der Waals surface area contributed by atoms with E-state index in [9.17, 15) is 9.59 Å². The Morgan fingerprint density at radius 2 is 1.59 bits per heavy atom. The number of hydrogen-bond acceptors (Lipinski definition) is 6. The minimum Gasteiger partial charge on any atom is -0.493 e. The van der Waals surface area contributed by atoms with Crippen LogP contribution in [0.1, 0.15) is 13.8 Å². The number of amides is 1. The van der Waals surface area contributed by atoms with E-state index >= 15 is 0 Å². The number of para-hydroxylation sites is 4. The Hall–Kier alpha value is -3.22. The number of esters is 1. The summed E-state index contributed by atoms with van der Waals surface area (Å²) in [6.45, 7) is 3.47. The number of benzene rings is 2. The van der Waals surface area contributed by atoms with Gasteiger partial charge in [0.05, 0.1) is 19.4 Å². The number of carbonyl (C=O) groups is 2. The summed E-state index contributed by atoms with van der Waals surface area (Å²) in [5.41, 5.74) is 0.512. The predicted molar refractivity (Wildman–Crippen MR) is 100 cm³/mol. The van der Waals surface area contributed by atoms with Crippen LogP contribution in [-0.4, -0.2) is 38.3 Å². The molecule has 144 valence electrons. The first-order valence-corrected chi connectivity index (χ1v) is 8.53. The fourth-order valence-corrected chi connectivity index (χ4v) is 2.25. The summed E-state index contributed by atoms with van der Waals surface area (Å²) < 4.78 is 21.1. The van der Waals surface area contributed by atoms with Gasteiger partial charge in [-0.3, -0.25) is 4.79 Å². The van der Waals surface area contributed by atoms with Gasteiger partial charge in [0, 0.05) is 0 Å². The van der Waals surface area contributed by atoms with E-state index in [4.69, 9.17) is 18.9 Å². The van der Waals surface area contributed by atoms with Crippen molar-refractivity contribution < 1.29 is 28.5 Å². The van der Waals surface area contributed by atoms with Crippen molar-refractivity contribution in [2.24, 2.45) is 0 Å². The molecule has 1 N–H and O–H groups in total. The highest BCUT2D eigenvalue weighted by Crippen LogP contribution is 2.26. The maximum atomic E-state index is 12.3. The molecule has 2 rings (SSSR count). The SMILES string of the molecule is CCOc1ccccc1NC(=O)C(C)OC(=O)COc1ccccc1OC. The predicted octanol–water partition coefficient (Wildman–Crippen LogP) is 3.04. The van der Waals surface area contributed by atoms with Crippen LogP contribution in [0.2, 0.25) is 0 Å². The third-order valence-electron chi connectivity index (χ3n) is 3.54. The summed E-state index contributed by atoms with van der Waals surface area (Å²) in [5.74, 6) is 0.337. The molecular weight excluding hydrogens is 350 g/mol. The maximum Gasteiger partial charge on any atom is 0.344 e. The van der Waals surface area contributed by atoms with Gasteiger partial charge < -0.3 is 24.3 Å². The summed E-state index contributed by atoms with van der Waals surface area (Å²) in [4.78, 5) is 24.2. The first-order valence-electron chi connectivity index (χ1n) is 8.53. The normalized spacial score (nSPS) is 11.2. The lowest BCUT2D eigenvalue weighted by molar-refractivity contribution is -0.155. The number of anilines is 1. The quantitative estimate of drug-likeness (QED) is 0.680. The van der Waals surface area contributed by atoms with Gasteiger partial charge >= 0.3 is 5.97 Å². The Morgan fingerprint density at radius 3 is 2.26 bits per heavy atom. The van der Waals surface area contributed by atoms with Gasteiger partial charge in [0.1, 0.15) is 5.75 Å². The van der Waals surface area contributed by atoms with Crippen molar-refractivity contribution in [2.45, 2.75) is 20.0 Å². The summed E-state index contributed by atoms with van der Waals surface area (Å²) >= 11 is 0. The molecule has 0 fully saturated rings. The molecule has 2 aromatic rings. The van der Waals surface area contributed by atoms with Gasteiger partial charge in [-0.05, 0) is 38.1 Å². The Bertz CT molecular complexity index is 777. The average molecular weight is 373 g/mol. The van der Waals surface area contributed by atoms with Gasteiger partial charge in [-0.2, -0.15) is 0 Å². The van der Waals surface area contributed by atoms with Gasteiger partial charge in [-0.1, -0.05) is 24.3 Å². The Morgan fingerprint density at radius 1 is 0.963 bits per heavy atom. The summed E-state index contributed by atoms with van der Waals surface area (Å²) in [7, 11) is 1.51. The molecule has 1 amide bonds. The molecule has 1 atom stereocenters. The van der Waals surface area contributed by atoms with Crippen molar-refractivity contribution in [2.75, 3.05) is 25.6 Å². The smallest absolute Gasteiger partial charge is 0.344 e. The highest BCUT2D eigenvalue weighted by Gasteiger charge is 2.20. The van der Waals surface area contributed by atoms with Crippen molar-refractivity contribution in [1.29, 1.82) is 0 Å². The van der Waals surface area contributed by atoms with Crippen LogP contribution in [0, 0.1) is 0 Å². The second-order valence-electron chi connectivity index (χ2n) is 5.49. The van der Waals surface area contributed by atoms with Crippen LogP contribution in [0.3, 0.4) is 0 Å². The van der Waals surface area contributed by atoms with Crippen molar-refractivity contribution in [1.82, 2.24) is 0 Å². The monoisotopic (exact) mass is 373 g/mol. The molecule has 27 heavy (non-hydrogen) atoms. The van der Waals surface area contributed by atoms with E-state index < -0.39 is 18.0 Å². The summed E-state index contributed by atoms with van der Waals surface area (Å²) in [6.07, 6.45) is -0.992. The fraction of sp³-hybridized carbons (Fsp3) is 0.300. The number of methoxy groups -OCH3 is 1. The molecule has 0 heterocycles. The van der Waals surface area contributed by atoms with Crippen LogP contribution in [0.4, 0.5) is 5.69 Å². The summed E-state index contributed by atoms with van der Waals surface area (Å²) in [6, 6.07) is 14.0. The van der Waals surface area contributed by atoms with E-state index in [2.05, 4.69) is 5.32 Å². The number of rotatable bonds is 9. The number of hydrogen-bond donors (Lipinski definition) is 1. The van der Waals surface area contributed by atoms with Crippen LogP contribution < -0.4 is 19.5 Å². The van der Waals surface area contributed by atoms with E-state index in [1.807, 2.05) is 6.92 Å². The van der Waals surface area contributed by atoms with Crippen molar-refractivity contribution in [3.05, 3.63) is 48.5 Å². The van der Waals surface area contributed by atoms with Gasteiger partial charge in [-0.15, -0.1) is 0 Å². The van der Waals surface area contributed by atoms with Gasteiger partial charge in [0.15, 0.2) is 24.2 Å². The lowest BCUT2D eigenvalue weighted by atomic mass is 10.2. The van der Waals surface area contributed by atoms with E-state index in [-0.39, 0.29) is 6.61 Å². The third kappa shape index (κ3) is 5.91. The molecule has 7 heteroatoms. The highest BCUT2D eigenvalue weighted by atomic mass is 16.6. The molecule has 0 aliphatic carbocycles. The molecule has 0 radical (unpaired) electrons. The first-order chi connectivity index (χ1) is 13.0. The molecule has 0 saturated carbocycles. The standard InChI is InChI=1S/C20H23NO6/c1-4-25-16-10-6-5-9-15(16)21-20(23)14(2)27-19(22)13-26-18-12-8-7-11-17(18)24-3/h5-12,14H,4,13H2,1-3H3,(H,21,23). The molecule has 7 nitrogen and oxygen atoms in total. The second-order valence-corrected chi connectivity index (χ2v) is 5.49. The molecular formula is C20H23NO6. The minimum atomic E-state index is -0.992. The zero-order valence-electron chi connectivity index (χ0n) is 15.6. The molecule has 0 aliphatic rings. The Labute approximate surface area is 158 Å². The molecule has 0 aromatic heterocycles. The van der Waals surface area contributed by atoms with Gasteiger partial charge in [0.2, 0.25) is 0 Å². The van der Waals surface area contributed by atoms with Crippen molar-refractivity contribution >= 4 is 17.6 Å². The van der Waals surface area contributed by atoms with Gasteiger partial charge in [0.25, 0.3) is 5.91 Å². The van der Waals surface area contributed by atoms with Crippen molar-refractivity contribution in [3.63, 3.8) is 0 Å². The number of nitrogens with one attached hydrogen (secondary N) is 1. The largest absolute Gasteiger partial charge is 0.493 e. The number of ether oxygens (including phenoxy) is 4. The Kier molecular flexibility index (Phi) is 7.49. The van der Waals surface area contributed by atoms with Gasteiger partial charge in [-0.25, -0.2) is 4.79 Å². The highest BCUT2D eigenvalue weighted by molar-refractivity contribution is 5.96. The number of carbonyl (C=O) groups excluding carboxylic acids is 2. The molecule has 0 aliphatic heterocycles. The van der Waals surface area contributed by atoms with Crippen LogP contribution in [0.25, 0.3) is 0 Å². The molecule has 1 unspecified atom stereocenters. The van der Waals surface area contributed by atoms with E-state index in [1.54, 1.807) is 48.5 Å². The molecule has 2 aromatic carbocycles. The Balaban J connectivity index is 1.87. The molecule has 0 saturated heterocycles. The van der Waals surface area contributed by atoms with Crippen LogP contribution in [0.15, 0.2) is 48.5 Å². The summed E-state index contributed by atoms with van der Waals surface area (Å²) in [5, 5.41) is 2.69. The van der Waals surface area contributed by atoms with Crippen molar-refractivity contribution in [3.8, 4) is 17.2 Å². The third-order valence-corrected chi connectivity index (χ3v) is 3.54. The maximum absolute atomic E-state index is 12.3. The van der Waals surface area contributed by atoms with E-state index in [0.29, 0.717) is 29.5 Å². The fourth-order valence-electron chi connectivity index (χ4n) is 2.25. The average Bonchev–Trinajstić information content (AvgIpc) is 2.68. The zero-order chi connectivity index (χ0) is 19.6. The lowest BCUT2D eigenvalue weighted by Crippen LogP contribution is -2.31. The second kappa shape index (κ2) is 10.1. The van der Waals surface area contributed by atoms with Crippen LogP contribution in [0.5, 0.6) is 17.2 Å². The molecule has 0 bridgehead atoms. The van der Waals surface area contributed by atoms with Crippen LogP contribution >= 0.6 is 0 Å². The van der Waals surface area contributed by atoms with E-state index in [1.165, 1.54) is 14.0 Å². The minimum absolute atomic E-state index is 0.340. The molecule has 0 spiro atoms. The topological polar surface area (TPSA) is 83.1 Å². The van der Waals surface area contributed by atoms with Crippen LogP contribution in [-0.2, 0) is 14.3 Å².